The minimum Gasteiger partial charge on any atom is -0.199 e. The maximum atomic E-state index is 4.07. The monoisotopic (exact) mass is 298 g/mol. The number of benzene rings is 1. The van der Waals surface area contributed by atoms with E-state index in [9.17, 15) is 0 Å². The van der Waals surface area contributed by atoms with Crippen LogP contribution in [-0.2, 0) is 39.1 Å². The molecule has 3 rings (SSSR count). The van der Waals surface area contributed by atoms with Crippen molar-refractivity contribution < 1.29 is 32.7 Å². The summed E-state index contributed by atoms with van der Waals surface area (Å²) in [6.45, 7) is 6.25. The van der Waals surface area contributed by atoms with Crippen molar-refractivity contribution in [1.82, 2.24) is 0 Å². The molecule has 0 aromatic heterocycles. The SMILES string of the molecule is [CH2-]C1=CC2CCCc3ccc(C)cc3C2=C1.[Y]. The molecule has 1 atom stereocenters. The molecule has 1 aromatic carbocycles. The van der Waals surface area contributed by atoms with E-state index in [2.05, 4.69) is 44.2 Å². The third kappa shape index (κ3) is 2.44. The quantitative estimate of drug-likeness (QED) is 0.633. The molecule has 0 nitrogen and oxygen atoms in total. The summed E-state index contributed by atoms with van der Waals surface area (Å²) in [5.74, 6) is 0.621. The summed E-state index contributed by atoms with van der Waals surface area (Å²) < 4.78 is 0. The number of allylic oxidation sites excluding steroid dienone is 4. The number of rotatable bonds is 0. The van der Waals surface area contributed by atoms with E-state index in [1.165, 1.54) is 47.1 Å². The summed E-state index contributed by atoms with van der Waals surface area (Å²) in [5, 5.41) is 0. The number of hydrogen-bond donors (Lipinski definition) is 0. The summed E-state index contributed by atoms with van der Waals surface area (Å²) in [6, 6.07) is 6.87. The fourth-order valence-electron chi connectivity index (χ4n) is 2.91. The third-order valence-electron chi connectivity index (χ3n) is 3.69. The van der Waals surface area contributed by atoms with Crippen LogP contribution >= 0.6 is 0 Å². The molecule has 0 aliphatic heterocycles. The molecule has 0 N–H and O–H groups in total. The number of aryl methyl sites for hydroxylation is 2. The predicted octanol–water partition coefficient (Wildman–Crippen LogP) is 4.10. The first-order valence-electron chi connectivity index (χ1n) is 6.09. The zero-order valence-corrected chi connectivity index (χ0v) is 13.2. The molecule has 0 saturated carbocycles. The van der Waals surface area contributed by atoms with E-state index < -0.39 is 0 Å². The molecule has 0 amide bonds. The van der Waals surface area contributed by atoms with Crippen LogP contribution in [-0.4, -0.2) is 0 Å². The van der Waals surface area contributed by atoms with E-state index in [0.717, 1.165) is 0 Å². The van der Waals surface area contributed by atoms with Crippen molar-refractivity contribution in [1.29, 1.82) is 0 Å². The summed E-state index contributed by atoms with van der Waals surface area (Å²) >= 11 is 0. The summed E-state index contributed by atoms with van der Waals surface area (Å²) in [5.41, 5.74) is 7.04. The molecule has 2 aliphatic carbocycles. The Morgan fingerprint density at radius 2 is 2.12 bits per heavy atom. The average molecular weight is 298 g/mol. The van der Waals surface area contributed by atoms with Gasteiger partial charge >= 0.3 is 0 Å². The van der Waals surface area contributed by atoms with Crippen LogP contribution in [0.15, 0.2) is 35.9 Å². The molecule has 0 spiro atoms. The fraction of sp³-hybridized carbons (Fsp3) is 0.312. The van der Waals surface area contributed by atoms with E-state index in [4.69, 9.17) is 0 Å². The van der Waals surface area contributed by atoms with Crippen LogP contribution in [0.1, 0.15) is 29.5 Å². The Labute approximate surface area is 129 Å². The molecular weight excluding hydrogens is 281 g/mol. The van der Waals surface area contributed by atoms with Gasteiger partial charge in [-0.3, -0.25) is 0 Å². The number of hydrogen-bond acceptors (Lipinski definition) is 0. The Hall–Kier alpha value is -0.326. The molecule has 85 valence electrons. The zero-order valence-electron chi connectivity index (χ0n) is 10.4. The first-order chi connectivity index (χ1) is 7.74. The molecule has 17 heavy (non-hydrogen) atoms. The van der Waals surface area contributed by atoms with E-state index in [1.54, 1.807) is 0 Å². The van der Waals surface area contributed by atoms with Gasteiger partial charge < -0.3 is 0 Å². The molecule has 1 unspecified atom stereocenters. The van der Waals surface area contributed by atoms with Crippen molar-refractivity contribution in [3.63, 3.8) is 0 Å². The molecular formula is C16H17Y-. The van der Waals surface area contributed by atoms with Gasteiger partial charge in [0, 0.05) is 32.7 Å². The second-order valence-electron chi connectivity index (χ2n) is 5.00. The van der Waals surface area contributed by atoms with Crippen molar-refractivity contribution >= 4 is 5.57 Å². The van der Waals surface area contributed by atoms with E-state index in [-0.39, 0.29) is 32.7 Å². The molecule has 0 heterocycles. The minimum atomic E-state index is 0. The van der Waals surface area contributed by atoms with Crippen molar-refractivity contribution in [2.24, 2.45) is 5.92 Å². The Bertz CT molecular complexity index is 494. The number of fused-ring (bicyclic) bond motifs is 3. The van der Waals surface area contributed by atoms with Gasteiger partial charge in [0.2, 0.25) is 0 Å². The van der Waals surface area contributed by atoms with Crippen LogP contribution in [0.3, 0.4) is 0 Å². The van der Waals surface area contributed by atoms with Gasteiger partial charge in [0.1, 0.15) is 0 Å². The average Bonchev–Trinajstić information content (AvgIpc) is 2.54. The van der Waals surface area contributed by atoms with Crippen LogP contribution in [0.5, 0.6) is 0 Å². The summed E-state index contributed by atoms with van der Waals surface area (Å²) in [7, 11) is 0. The second-order valence-corrected chi connectivity index (χ2v) is 5.00. The van der Waals surface area contributed by atoms with Crippen LogP contribution in [0.25, 0.3) is 5.57 Å². The molecule has 0 bridgehead atoms. The Morgan fingerprint density at radius 3 is 2.94 bits per heavy atom. The van der Waals surface area contributed by atoms with Gasteiger partial charge in [-0.15, -0.1) is 0 Å². The van der Waals surface area contributed by atoms with Crippen LogP contribution < -0.4 is 0 Å². The standard InChI is InChI=1S/C16H17.Y/c1-11-6-7-13-4-3-5-14-8-12(2)10-16(14)15(13)9-11;/h6-10,14H,2-5H2,1H3;/q-1;. The van der Waals surface area contributed by atoms with Crippen LogP contribution in [0, 0.1) is 19.8 Å². The third-order valence-corrected chi connectivity index (χ3v) is 3.69. The van der Waals surface area contributed by atoms with Gasteiger partial charge in [0.15, 0.2) is 0 Å². The van der Waals surface area contributed by atoms with Gasteiger partial charge in [-0.2, -0.15) is 24.6 Å². The molecule has 2 aliphatic rings. The van der Waals surface area contributed by atoms with E-state index in [1.807, 2.05) is 0 Å². The predicted molar refractivity (Wildman–Crippen MR) is 69.0 cm³/mol. The Balaban J connectivity index is 0.00000108. The Kier molecular flexibility index (Phi) is 3.95. The molecule has 1 aromatic rings. The van der Waals surface area contributed by atoms with Crippen molar-refractivity contribution in [2.75, 3.05) is 0 Å². The van der Waals surface area contributed by atoms with Crippen molar-refractivity contribution in [3.05, 3.63) is 59.5 Å². The second kappa shape index (κ2) is 5.12. The molecule has 0 fully saturated rings. The topological polar surface area (TPSA) is 0 Å². The Morgan fingerprint density at radius 1 is 1.29 bits per heavy atom. The fourth-order valence-corrected chi connectivity index (χ4v) is 2.91. The zero-order chi connectivity index (χ0) is 11.1. The maximum absolute atomic E-state index is 4.07. The van der Waals surface area contributed by atoms with E-state index in [0.29, 0.717) is 5.92 Å². The largest absolute Gasteiger partial charge is 0.199 e. The van der Waals surface area contributed by atoms with Gasteiger partial charge in [-0.05, 0) is 30.9 Å². The van der Waals surface area contributed by atoms with Gasteiger partial charge in [0.25, 0.3) is 0 Å². The van der Waals surface area contributed by atoms with E-state index >= 15 is 0 Å². The first kappa shape index (κ1) is 13.1. The molecule has 0 saturated heterocycles. The summed E-state index contributed by atoms with van der Waals surface area (Å²) in [4.78, 5) is 0. The van der Waals surface area contributed by atoms with Crippen molar-refractivity contribution in [2.45, 2.75) is 26.2 Å². The van der Waals surface area contributed by atoms with Gasteiger partial charge in [-0.25, -0.2) is 0 Å². The smallest absolute Gasteiger partial charge is 0 e. The summed E-state index contributed by atoms with van der Waals surface area (Å²) in [6.07, 6.45) is 8.39. The van der Waals surface area contributed by atoms with Crippen LogP contribution in [0.4, 0.5) is 0 Å². The molecule has 1 radical (unpaired) electrons. The van der Waals surface area contributed by atoms with Crippen molar-refractivity contribution in [3.8, 4) is 0 Å². The van der Waals surface area contributed by atoms with Gasteiger partial charge in [0.05, 0.1) is 0 Å². The normalized spacial score (nSPS) is 21.6. The van der Waals surface area contributed by atoms with Gasteiger partial charge in [-0.1, -0.05) is 41.7 Å². The minimum absolute atomic E-state index is 0. The molecule has 1 heteroatoms. The maximum Gasteiger partial charge on any atom is 0 e. The van der Waals surface area contributed by atoms with Crippen LogP contribution in [0.2, 0.25) is 0 Å². The first-order valence-corrected chi connectivity index (χ1v) is 6.09.